The van der Waals surface area contributed by atoms with Crippen LogP contribution in [-0.2, 0) is 6.54 Å². The van der Waals surface area contributed by atoms with Crippen LogP contribution in [0.2, 0.25) is 0 Å². The number of benzene rings is 3. The normalized spacial score (nSPS) is 12.1. The van der Waals surface area contributed by atoms with E-state index in [9.17, 15) is 9.59 Å². The standard InChI is InChI=1S/C24H16N2O3S/c1-2-13-26-19-12-11-15-7-3-5-9-17(15)21(19)30-24(26)25-22(27)18-14-16-8-4-6-10-20(16)29-23(18)28/h2-12,14H,1,13H2. The molecule has 6 heteroatoms. The molecule has 0 fully saturated rings. The van der Waals surface area contributed by atoms with E-state index in [-0.39, 0.29) is 5.56 Å². The Labute approximate surface area is 174 Å². The zero-order chi connectivity index (χ0) is 20.7. The van der Waals surface area contributed by atoms with Gasteiger partial charge in [-0.25, -0.2) is 4.79 Å². The second-order valence-corrected chi connectivity index (χ2v) is 7.80. The van der Waals surface area contributed by atoms with E-state index in [1.54, 1.807) is 24.3 Å². The van der Waals surface area contributed by atoms with E-state index < -0.39 is 11.5 Å². The van der Waals surface area contributed by atoms with Gasteiger partial charge >= 0.3 is 5.63 Å². The van der Waals surface area contributed by atoms with Crippen molar-refractivity contribution in [2.24, 2.45) is 4.99 Å². The van der Waals surface area contributed by atoms with Gasteiger partial charge in [-0.3, -0.25) is 4.79 Å². The van der Waals surface area contributed by atoms with Crippen molar-refractivity contribution in [3.05, 3.63) is 100 Å². The van der Waals surface area contributed by atoms with Gasteiger partial charge in [-0.2, -0.15) is 4.99 Å². The Kier molecular flexibility index (Phi) is 4.41. The molecule has 0 saturated carbocycles. The molecule has 0 saturated heterocycles. The number of hydrogen-bond acceptors (Lipinski definition) is 4. The summed E-state index contributed by atoms with van der Waals surface area (Å²) in [5.41, 5.74) is 0.634. The highest BCUT2D eigenvalue weighted by atomic mass is 32.1. The van der Waals surface area contributed by atoms with E-state index >= 15 is 0 Å². The number of allylic oxidation sites excluding steroid dienone is 1. The predicted octanol–water partition coefficient (Wildman–Crippen LogP) is 4.89. The summed E-state index contributed by atoms with van der Waals surface area (Å²) in [6.45, 7) is 4.32. The molecular weight excluding hydrogens is 396 g/mol. The van der Waals surface area contributed by atoms with Crippen molar-refractivity contribution in [1.29, 1.82) is 0 Å². The number of nitrogens with zero attached hydrogens (tertiary/aromatic N) is 2. The van der Waals surface area contributed by atoms with Crippen LogP contribution in [0.15, 0.2) is 93.6 Å². The number of carbonyl (C=O) groups excluding carboxylic acids is 1. The molecule has 5 nitrogen and oxygen atoms in total. The largest absolute Gasteiger partial charge is 0.422 e. The van der Waals surface area contributed by atoms with E-state index in [4.69, 9.17) is 4.42 Å². The summed E-state index contributed by atoms with van der Waals surface area (Å²) in [7, 11) is 0. The van der Waals surface area contributed by atoms with Gasteiger partial charge in [0.1, 0.15) is 11.1 Å². The highest BCUT2D eigenvalue weighted by Crippen LogP contribution is 2.27. The molecule has 30 heavy (non-hydrogen) atoms. The molecule has 5 aromatic rings. The Balaban J connectivity index is 1.74. The molecule has 0 aliphatic rings. The summed E-state index contributed by atoms with van der Waals surface area (Å²) < 4.78 is 8.25. The first-order valence-corrected chi connectivity index (χ1v) is 10.2. The summed E-state index contributed by atoms with van der Waals surface area (Å²) in [6, 6.07) is 20.8. The van der Waals surface area contributed by atoms with Crippen molar-refractivity contribution in [3.63, 3.8) is 0 Å². The zero-order valence-corrected chi connectivity index (χ0v) is 16.7. The molecule has 2 aromatic heterocycles. The number of para-hydroxylation sites is 1. The third-order valence-electron chi connectivity index (χ3n) is 4.95. The minimum Gasteiger partial charge on any atom is -0.422 e. The van der Waals surface area contributed by atoms with E-state index in [2.05, 4.69) is 23.7 Å². The summed E-state index contributed by atoms with van der Waals surface area (Å²) in [5.74, 6) is -0.622. The van der Waals surface area contributed by atoms with Crippen LogP contribution < -0.4 is 10.4 Å². The number of carbonyl (C=O) groups is 1. The third kappa shape index (κ3) is 2.98. The summed E-state index contributed by atoms with van der Waals surface area (Å²) in [6.07, 6.45) is 1.76. The maximum Gasteiger partial charge on any atom is 0.349 e. The number of thiazole rings is 1. The average Bonchev–Trinajstić information content (AvgIpc) is 3.11. The Morgan fingerprint density at radius 1 is 1.07 bits per heavy atom. The van der Waals surface area contributed by atoms with Gasteiger partial charge in [-0.15, -0.1) is 6.58 Å². The molecule has 0 atom stereocenters. The molecule has 0 bridgehead atoms. The molecule has 0 N–H and O–H groups in total. The lowest BCUT2D eigenvalue weighted by Crippen LogP contribution is -2.19. The molecule has 0 spiro atoms. The minimum atomic E-state index is -0.690. The number of rotatable bonds is 3. The van der Waals surface area contributed by atoms with Crippen molar-refractivity contribution in [1.82, 2.24) is 4.57 Å². The molecule has 1 amide bonds. The van der Waals surface area contributed by atoms with Crippen LogP contribution in [0.4, 0.5) is 0 Å². The monoisotopic (exact) mass is 412 g/mol. The fourth-order valence-electron chi connectivity index (χ4n) is 3.55. The van der Waals surface area contributed by atoms with Crippen molar-refractivity contribution in [2.75, 3.05) is 0 Å². The van der Waals surface area contributed by atoms with E-state index in [1.807, 2.05) is 34.9 Å². The van der Waals surface area contributed by atoms with Gasteiger partial charge < -0.3 is 8.98 Å². The average molecular weight is 412 g/mol. The number of aromatic nitrogens is 1. The first kappa shape index (κ1) is 18.3. The SMILES string of the molecule is C=CCn1c(=NC(=O)c2cc3ccccc3oc2=O)sc2c3ccccc3ccc21. The van der Waals surface area contributed by atoms with Gasteiger partial charge in [0.25, 0.3) is 5.91 Å². The molecule has 0 unspecified atom stereocenters. The molecule has 5 rings (SSSR count). The Bertz CT molecular complexity index is 1590. The van der Waals surface area contributed by atoms with Crippen molar-refractivity contribution < 1.29 is 9.21 Å². The van der Waals surface area contributed by atoms with Crippen LogP contribution >= 0.6 is 11.3 Å². The summed E-state index contributed by atoms with van der Waals surface area (Å²) in [5, 5.41) is 2.89. The van der Waals surface area contributed by atoms with E-state index in [1.165, 1.54) is 17.4 Å². The van der Waals surface area contributed by atoms with Gasteiger partial charge in [0, 0.05) is 17.3 Å². The Morgan fingerprint density at radius 2 is 1.83 bits per heavy atom. The van der Waals surface area contributed by atoms with Crippen molar-refractivity contribution >= 4 is 49.2 Å². The van der Waals surface area contributed by atoms with Crippen LogP contribution in [0, 0.1) is 0 Å². The molecule has 0 aliphatic heterocycles. The van der Waals surface area contributed by atoms with E-state index in [0.717, 1.165) is 21.0 Å². The van der Waals surface area contributed by atoms with Gasteiger partial charge in [0.15, 0.2) is 4.80 Å². The lowest BCUT2D eigenvalue weighted by Gasteiger charge is -2.03. The maximum atomic E-state index is 12.9. The second-order valence-electron chi connectivity index (χ2n) is 6.82. The first-order chi connectivity index (χ1) is 14.7. The zero-order valence-electron chi connectivity index (χ0n) is 15.9. The molecule has 0 radical (unpaired) electrons. The van der Waals surface area contributed by atoms with Crippen molar-refractivity contribution in [3.8, 4) is 0 Å². The predicted molar refractivity (Wildman–Crippen MR) is 120 cm³/mol. The number of hydrogen-bond donors (Lipinski definition) is 0. The molecule has 146 valence electrons. The first-order valence-electron chi connectivity index (χ1n) is 9.39. The van der Waals surface area contributed by atoms with Gasteiger partial charge in [-0.1, -0.05) is 65.9 Å². The van der Waals surface area contributed by atoms with Crippen molar-refractivity contribution in [2.45, 2.75) is 6.54 Å². The van der Waals surface area contributed by atoms with Crippen LogP contribution in [-0.4, -0.2) is 10.5 Å². The fraction of sp³-hybridized carbons (Fsp3) is 0.0417. The topological polar surface area (TPSA) is 64.6 Å². The molecular formula is C24H16N2O3S. The molecule has 2 heterocycles. The lowest BCUT2D eigenvalue weighted by atomic mass is 10.1. The number of fused-ring (bicyclic) bond motifs is 4. The lowest BCUT2D eigenvalue weighted by molar-refractivity contribution is 0.0994. The summed E-state index contributed by atoms with van der Waals surface area (Å²) >= 11 is 1.42. The van der Waals surface area contributed by atoms with Gasteiger partial charge in [0.05, 0.1) is 10.2 Å². The van der Waals surface area contributed by atoms with E-state index in [0.29, 0.717) is 22.3 Å². The third-order valence-corrected chi connectivity index (χ3v) is 6.08. The Morgan fingerprint density at radius 3 is 2.67 bits per heavy atom. The highest BCUT2D eigenvalue weighted by Gasteiger charge is 2.15. The Hall–Kier alpha value is -3.77. The quantitative estimate of drug-likeness (QED) is 0.313. The number of amides is 1. The van der Waals surface area contributed by atoms with Gasteiger partial charge in [0.2, 0.25) is 0 Å². The molecule has 0 aliphatic carbocycles. The fourth-order valence-corrected chi connectivity index (χ4v) is 4.72. The highest BCUT2D eigenvalue weighted by molar-refractivity contribution is 7.17. The van der Waals surface area contributed by atoms with Crippen LogP contribution in [0.25, 0.3) is 32.0 Å². The van der Waals surface area contributed by atoms with Crippen LogP contribution in [0.3, 0.4) is 0 Å². The smallest absolute Gasteiger partial charge is 0.349 e. The summed E-state index contributed by atoms with van der Waals surface area (Å²) in [4.78, 5) is 30.1. The second kappa shape index (κ2) is 7.24. The van der Waals surface area contributed by atoms with Crippen LogP contribution in [0.1, 0.15) is 10.4 Å². The minimum absolute atomic E-state index is 0.0823. The molecule has 3 aromatic carbocycles. The van der Waals surface area contributed by atoms with Gasteiger partial charge in [-0.05, 0) is 23.6 Å². The maximum absolute atomic E-state index is 12.9. The van der Waals surface area contributed by atoms with Crippen LogP contribution in [0.5, 0.6) is 0 Å².